The molecule has 0 spiro atoms. The maximum atomic E-state index is 13.1. The SMILES string of the molecule is CCNC(C)(C(=O)OCC)c1cncc(F)c1. The highest BCUT2D eigenvalue weighted by atomic mass is 19.1. The first-order valence-electron chi connectivity index (χ1n) is 5.57. The van der Waals surface area contributed by atoms with E-state index in [-0.39, 0.29) is 6.61 Å². The third-order valence-electron chi connectivity index (χ3n) is 2.50. The second-order valence-corrected chi connectivity index (χ2v) is 3.77. The molecule has 1 rings (SSSR count). The van der Waals surface area contributed by atoms with Gasteiger partial charge >= 0.3 is 5.97 Å². The lowest BCUT2D eigenvalue weighted by Gasteiger charge is -2.28. The fourth-order valence-corrected chi connectivity index (χ4v) is 1.61. The van der Waals surface area contributed by atoms with Crippen molar-refractivity contribution < 1.29 is 13.9 Å². The molecule has 5 heteroatoms. The Morgan fingerprint density at radius 3 is 2.76 bits per heavy atom. The van der Waals surface area contributed by atoms with E-state index in [0.29, 0.717) is 12.1 Å². The van der Waals surface area contributed by atoms with Crippen LogP contribution in [-0.4, -0.2) is 24.1 Å². The van der Waals surface area contributed by atoms with Crippen LogP contribution in [0.4, 0.5) is 4.39 Å². The summed E-state index contributed by atoms with van der Waals surface area (Å²) in [5.74, 6) is -0.912. The van der Waals surface area contributed by atoms with Crippen molar-refractivity contribution in [1.29, 1.82) is 0 Å². The molecule has 0 fully saturated rings. The van der Waals surface area contributed by atoms with E-state index in [1.54, 1.807) is 13.8 Å². The second-order valence-electron chi connectivity index (χ2n) is 3.77. The van der Waals surface area contributed by atoms with Crippen molar-refractivity contribution in [1.82, 2.24) is 10.3 Å². The van der Waals surface area contributed by atoms with Crippen LogP contribution in [0.2, 0.25) is 0 Å². The lowest BCUT2D eigenvalue weighted by molar-refractivity contribution is -0.151. The summed E-state index contributed by atoms with van der Waals surface area (Å²) in [6.07, 6.45) is 2.56. The van der Waals surface area contributed by atoms with E-state index in [0.717, 1.165) is 6.20 Å². The van der Waals surface area contributed by atoms with Gasteiger partial charge in [0, 0.05) is 11.8 Å². The van der Waals surface area contributed by atoms with Crippen molar-refractivity contribution in [2.45, 2.75) is 26.3 Å². The fraction of sp³-hybridized carbons (Fsp3) is 0.500. The van der Waals surface area contributed by atoms with Gasteiger partial charge in [0.1, 0.15) is 11.4 Å². The molecule has 1 heterocycles. The molecule has 17 heavy (non-hydrogen) atoms. The highest BCUT2D eigenvalue weighted by molar-refractivity contribution is 5.82. The van der Waals surface area contributed by atoms with Crippen molar-refractivity contribution in [3.8, 4) is 0 Å². The van der Waals surface area contributed by atoms with Crippen LogP contribution in [0.5, 0.6) is 0 Å². The first-order chi connectivity index (χ1) is 8.04. The highest BCUT2D eigenvalue weighted by Gasteiger charge is 2.36. The van der Waals surface area contributed by atoms with Gasteiger partial charge in [0.15, 0.2) is 0 Å². The molecule has 0 aliphatic carbocycles. The van der Waals surface area contributed by atoms with Gasteiger partial charge in [-0.3, -0.25) is 10.3 Å². The standard InChI is InChI=1S/C12H17FN2O2/c1-4-15-12(3,11(16)17-5-2)9-6-10(13)8-14-7-9/h6-8,15H,4-5H2,1-3H3. The molecule has 0 saturated heterocycles. The van der Waals surface area contributed by atoms with E-state index in [4.69, 9.17) is 4.74 Å². The molecule has 1 atom stereocenters. The largest absolute Gasteiger partial charge is 0.464 e. The quantitative estimate of drug-likeness (QED) is 0.794. The zero-order chi connectivity index (χ0) is 12.9. The number of halogens is 1. The predicted molar refractivity (Wildman–Crippen MR) is 61.9 cm³/mol. The fourth-order valence-electron chi connectivity index (χ4n) is 1.61. The minimum atomic E-state index is -1.07. The lowest BCUT2D eigenvalue weighted by Crippen LogP contribution is -2.47. The van der Waals surface area contributed by atoms with Crippen LogP contribution in [-0.2, 0) is 15.1 Å². The molecule has 1 aromatic rings. The number of likely N-dealkylation sites (N-methyl/N-ethyl adjacent to an activating group) is 1. The predicted octanol–water partition coefficient (Wildman–Crippen LogP) is 1.61. The first-order valence-corrected chi connectivity index (χ1v) is 5.57. The second kappa shape index (κ2) is 5.72. The van der Waals surface area contributed by atoms with Crippen molar-refractivity contribution in [2.24, 2.45) is 0 Å². The molecule has 0 aliphatic rings. The van der Waals surface area contributed by atoms with E-state index in [9.17, 15) is 9.18 Å². The Morgan fingerprint density at radius 2 is 2.24 bits per heavy atom. The summed E-state index contributed by atoms with van der Waals surface area (Å²) in [5, 5.41) is 3.01. The van der Waals surface area contributed by atoms with Crippen molar-refractivity contribution >= 4 is 5.97 Å². The van der Waals surface area contributed by atoms with Crippen LogP contribution in [0.1, 0.15) is 26.3 Å². The summed E-state index contributed by atoms with van der Waals surface area (Å²) in [4.78, 5) is 15.7. The molecule has 0 saturated carbocycles. The number of nitrogens with one attached hydrogen (secondary N) is 1. The number of carbonyl (C=O) groups is 1. The molecule has 1 unspecified atom stereocenters. The van der Waals surface area contributed by atoms with Crippen LogP contribution in [0.3, 0.4) is 0 Å². The van der Waals surface area contributed by atoms with E-state index >= 15 is 0 Å². The summed E-state index contributed by atoms with van der Waals surface area (Å²) >= 11 is 0. The molecular formula is C12H17FN2O2. The summed E-state index contributed by atoms with van der Waals surface area (Å²) < 4.78 is 18.1. The average Bonchev–Trinajstić information content (AvgIpc) is 2.29. The molecule has 1 N–H and O–H groups in total. The third kappa shape index (κ3) is 3.00. The Hall–Kier alpha value is -1.49. The van der Waals surface area contributed by atoms with Crippen molar-refractivity contribution in [3.63, 3.8) is 0 Å². The molecule has 0 aliphatic heterocycles. The zero-order valence-corrected chi connectivity index (χ0v) is 10.3. The Kier molecular flexibility index (Phi) is 4.57. The van der Waals surface area contributed by atoms with Crippen LogP contribution in [0, 0.1) is 5.82 Å². The Morgan fingerprint density at radius 1 is 1.53 bits per heavy atom. The van der Waals surface area contributed by atoms with Gasteiger partial charge in [-0.05, 0) is 26.5 Å². The van der Waals surface area contributed by atoms with Crippen LogP contribution in [0.15, 0.2) is 18.5 Å². The van der Waals surface area contributed by atoms with E-state index in [2.05, 4.69) is 10.3 Å². The third-order valence-corrected chi connectivity index (χ3v) is 2.50. The molecule has 94 valence electrons. The Labute approximate surface area is 100 Å². The highest BCUT2D eigenvalue weighted by Crippen LogP contribution is 2.22. The number of nitrogens with zero attached hydrogens (tertiary/aromatic N) is 1. The number of carbonyl (C=O) groups excluding carboxylic acids is 1. The van der Waals surface area contributed by atoms with E-state index in [1.165, 1.54) is 12.3 Å². The van der Waals surface area contributed by atoms with Gasteiger partial charge in [0.25, 0.3) is 0 Å². The maximum Gasteiger partial charge on any atom is 0.330 e. The average molecular weight is 240 g/mol. The van der Waals surface area contributed by atoms with Gasteiger partial charge in [0.05, 0.1) is 12.8 Å². The summed E-state index contributed by atoms with van der Waals surface area (Å²) in [7, 11) is 0. The summed E-state index contributed by atoms with van der Waals surface area (Å²) in [5.41, 5.74) is -0.613. The van der Waals surface area contributed by atoms with Gasteiger partial charge in [-0.15, -0.1) is 0 Å². The number of rotatable bonds is 5. The number of ether oxygens (including phenoxy) is 1. The van der Waals surface area contributed by atoms with Gasteiger partial charge in [-0.25, -0.2) is 9.18 Å². The van der Waals surface area contributed by atoms with Gasteiger partial charge in [-0.1, -0.05) is 6.92 Å². The number of esters is 1. The number of hydrogen-bond acceptors (Lipinski definition) is 4. The molecule has 0 aromatic carbocycles. The molecular weight excluding hydrogens is 223 g/mol. The maximum absolute atomic E-state index is 13.1. The number of pyridine rings is 1. The van der Waals surface area contributed by atoms with Gasteiger partial charge in [0.2, 0.25) is 0 Å². The molecule has 4 nitrogen and oxygen atoms in total. The summed E-state index contributed by atoms with van der Waals surface area (Å²) in [6, 6.07) is 1.28. The first kappa shape index (κ1) is 13.6. The van der Waals surface area contributed by atoms with Crippen molar-refractivity contribution in [3.05, 3.63) is 29.8 Å². The summed E-state index contributed by atoms with van der Waals surface area (Å²) in [6.45, 7) is 6.09. The van der Waals surface area contributed by atoms with Gasteiger partial charge < -0.3 is 4.74 Å². The molecule has 0 bridgehead atoms. The van der Waals surface area contributed by atoms with Crippen LogP contribution in [0.25, 0.3) is 0 Å². The monoisotopic (exact) mass is 240 g/mol. The topological polar surface area (TPSA) is 51.2 Å². The van der Waals surface area contributed by atoms with Crippen LogP contribution < -0.4 is 5.32 Å². The minimum absolute atomic E-state index is 0.280. The van der Waals surface area contributed by atoms with E-state index < -0.39 is 17.3 Å². The molecule has 1 aromatic heterocycles. The molecule has 0 amide bonds. The van der Waals surface area contributed by atoms with Gasteiger partial charge in [-0.2, -0.15) is 0 Å². The zero-order valence-electron chi connectivity index (χ0n) is 10.3. The lowest BCUT2D eigenvalue weighted by atomic mass is 9.93. The number of aromatic nitrogens is 1. The van der Waals surface area contributed by atoms with Crippen molar-refractivity contribution in [2.75, 3.05) is 13.2 Å². The number of hydrogen-bond donors (Lipinski definition) is 1. The smallest absolute Gasteiger partial charge is 0.330 e. The molecule has 0 radical (unpaired) electrons. The Balaban J connectivity index is 3.10. The normalized spacial score (nSPS) is 14.1. The van der Waals surface area contributed by atoms with E-state index in [1.807, 2.05) is 6.92 Å². The minimum Gasteiger partial charge on any atom is -0.464 e. The van der Waals surface area contributed by atoms with Crippen LogP contribution >= 0.6 is 0 Å². The Bertz CT molecular complexity index is 398.